The highest BCUT2D eigenvalue weighted by Crippen LogP contribution is 2.27. The average molecular weight is 336 g/mol. The molecular weight excluding hydrogens is 310 g/mol. The predicted octanol–water partition coefficient (Wildman–Crippen LogP) is 2.38. The van der Waals surface area contributed by atoms with Crippen molar-refractivity contribution in [2.45, 2.75) is 19.0 Å². The molecule has 126 valence electrons. The highest BCUT2D eigenvalue weighted by molar-refractivity contribution is 6.32. The van der Waals surface area contributed by atoms with Crippen molar-refractivity contribution >= 4 is 11.6 Å². The molecule has 0 spiro atoms. The van der Waals surface area contributed by atoms with Crippen molar-refractivity contribution in [3.8, 4) is 5.75 Å². The first kappa shape index (κ1) is 16.8. The van der Waals surface area contributed by atoms with Crippen LogP contribution in [0.2, 0.25) is 5.02 Å². The molecule has 0 aliphatic carbocycles. The maximum Gasteiger partial charge on any atom is 0.138 e. The van der Waals surface area contributed by atoms with Gasteiger partial charge in [0.2, 0.25) is 0 Å². The Bertz CT molecular complexity index is 531. The highest BCUT2D eigenvalue weighted by Gasteiger charge is 2.28. The van der Waals surface area contributed by atoms with E-state index in [2.05, 4.69) is 27.8 Å². The lowest BCUT2D eigenvalue weighted by molar-refractivity contribution is 0.170. The largest absolute Gasteiger partial charge is 0.488 e. The summed E-state index contributed by atoms with van der Waals surface area (Å²) in [7, 11) is 0. The fourth-order valence-electron chi connectivity index (χ4n) is 3.47. The number of nitrogens with zero attached hydrogens (tertiary/aromatic N) is 2. The molecule has 0 saturated carbocycles. The first-order valence-corrected chi connectivity index (χ1v) is 8.83. The van der Waals surface area contributed by atoms with Crippen LogP contribution < -0.4 is 10.1 Å². The molecule has 2 saturated heterocycles. The second-order valence-corrected chi connectivity index (χ2v) is 6.74. The molecule has 4 nitrogen and oxygen atoms in total. The van der Waals surface area contributed by atoms with Gasteiger partial charge in [0.15, 0.2) is 0 Å². The zero-order valence-corrected chi connectivity index (χ0v) is 14.4. The van der Waals surface area contributed by atoms with Crippen molar-refractivity contribution in [1.29, 1.82) is 0 Å². The minimum atomic E-state index is 0.484. The SMILES string of the molecule is C=CCOc1ccc(CN2CCC(N3CCNCC3)C2)cc1Cl. The quantitative estimate of drug-likeness (QED) is 0.808. The first-order valence-electron chi connectivity index (χ1n) is 8.45. The topological polar surface area (TPSA) is 27.7 Å². The van der Waals surface area contributed by atoms with Crippen LogP contribution in [0, 0.1) is 0 Å². The van der Waals surface area contributed by atoms with Crippen molar-refractivity contribution < 1.29 is 4.74 Å². The summed E-state index contributed by atoms with van der Waals surface area (Å²) >= 11 is 6.31. The van der Waals surface area contributed by atoms with Crippen LogP contribution in [0.4, 0.5) is 0 Å². The summed E-state index contributed by atoms with van der Waals surface area (Å²) < 4.78 is 5.53. The molecule has 5 heteroatoms. The van der Waals surface area contributed by atoms with E-state index in [0.29, 0.717) is 17.7 Å². The maximum absolute atomic E-state index is 6.31. The normalized spacial score (nSPS) is 23.1. The minimum Gasteiger partial charge on any atom is -0.488 e. The van der Waals surface area contributed by atoms with E-state index >= 15 is 0 Å². The number of hydrogen-bond acceptors (Lipinski definition) is 4. The van der Waals surface area contributed by atoms with Crippen LogP contribution in [-0.2, 0) is 6.54 Å². The number of ether oxygens (including phenoxy) is 1. The van der Waals surface area contributed by atoms with Crippen LogP contribution in [0.15, 0.2) is 30.9 Å². The zero-order chi connectivity index (χ0) is 16.1. The number of hydrogen-bond donors (Lipinski definition) is 1. The number of nitrogens with one attached hydrogen (secondary N) is 1. The Morgan fingerprint density at radius 1 is 1.30 bits per heavy atom. The van der Waals surface area contributed by atoms with Gasteiger partial charge in [0.1, 0.15) is 12.4 Å². The van der Waals surface area contributed by atoms with Crippen molar-refractivity contribution in [3.05, 3.63) is 41.4 Å². The van der Waals surface area contributed by atoms with E-state index in [0.717, 1.165) is 31.9 Å². The van der Waals surface area contributed by atoms with Crippen molar-refractivity contribution in [2.75, 3.05) is 45.9 Å². The smallest absolute Gasteiger partial charge is 0.138 e. The van der Waals surface area contributed by atoms with Gasteiger partial charge in [-0.05, 0) is 24.1 Å². The number of piperazine rings is 1. The Kier molecular flexibility index (Phi) is 5.95. The lowest BCUT2D eigenvalue weighted by Crippen LogP contribution is -2.49. The van der Waals surface area contributed by atoms with E-state index in [1.54, 1.807) is 6.08 Å². The van der Waals surface area contributed by atoms with Gasteiger partial charge in [-0.25, -0.2) is 0 Å². The number of halogens is 1. The molecule has 1 atom stereocenters. The number of rotatable bonds is 6. The molecule has 1 aromatic carbocycles. The zero-order valence-electron chi connectivity index (χ0n) is 13.6. The number of likely N-dealkylation sites (tertiary alicyclic amines) is 1. The molecule has 0 radical (unpaired) electrons. The first-order chi connectivity index (χ1) is 11.3. The highest BCUT2D eigenvalue weighted by atomic mass is 35.5. The second-order valence-electron chi connectivity index (χ2n) is 6.33. The molecule has 2 aliphatic heterocycles. The summed E-state index contributed by atoms with van der Waals surface area (Å²) in [5, 5.41) is 4.11. The van der Waals surface area contributed by atoms with Gasteiger partial charge in [-0.2, -0.15) is 0 Å². The van der Waals surface area contributed by atoms with Crippen LogP contribution in [0.1, 0.15) is 12.0 Å². The van der Waals surface area contributed by atoms with Gasteiger partial charge in [-0.15, -0.1) is 0 Å². The lowest BCUT2D eigenvalue weighted by atomic mass is 10.2. The Morgan fingerprint density at radius 3 is 2.87 bits per heavy atom. The Balaban J connectivity index is 1.53. The van der Waals surface area contributed by atoms with E-state index in [1.807, 2.05) is 12.1 Å². The molecule has 0 bridgehead atoms. The Morgan fingerprint density at radius 2 is 2.13 bits per heavy atom. The molecule has 1 unspecified atom stereocenters. The lowest BCUT2D eigenvalue weighted by Gasteiger charge is -2.32. The van der Waals surface area contributed by atoms with E-state index in [-0.39, 0.29) is 0 Å². The third kappa shape index (κ3) is 4.48. The van der Waals surface area contributed by atoms with Crippen LogP contribution in [0.25, 0.3) is 0 Å². The van der Waals surface area contributed by atoms with Crippen molar-refractivity contribution in [2.24, 2.45) is 0 Å². The number of benzene rings is 1. The molecule has 23 heavy (non-hydrogen) atoms. The maximum atomic E-state index is 6.31. The summed E-state index contributed by atoms with van der Waals surface area (Å²) in [6, 6.07) is 6.81. The summed E-state index contributed by atoms with van der Waals surface area (Å²) in [6.07, 6.45) is 3.00. The van der Waals surface area contributed by atoms with Gasteiger partial charge in [0.25, 0.3) is 0 Å². The molecule has 3 rings (SSSR count). The third-order valence-electron chi connectivity index (χ3n) is 4.67. The fourth-order valence-corrected chi connectivity index (χ4v) is 3.73. The fraction of sp³-hybridized carbons (Fsp3) is 0.556. The predicted molar refractivity (Wildman–Crippen MR) is 95.3 cm³/mol. The average Bonchev–Trinajstić information content (AvgIpc) is 3.03. The third-order valence-corrected chi connectivity index (χ3v) is 4.97. The standard InChI is InChI=1S/C18H26ClN3O/c1-2-11-23-18-4-3-15(12-17(18)19)13-21-8-5-16(14-21)22-9-6-20-7-10-22/h2-4,12,16,20H,1,5-11,13-14H2. The van der Waals surface area contributed by atoms with Gasteiger partial charge >= 0.3 is 0 Å². The molecule has 2 fully saturated rings. The minimum absolute atomic E-state index is 0.484. The molecule has 0 amide bonds. The summed E-state index contributed by atoms with van der Waals surface area (Å²) in [5.41, 5.74) is 1.25. The van der Waals surface area contributed by atoms with Gasteiger partial charge < -0.3 is 10.1 Å². The molecule has 1 aromatic rings. The molecule has 0 aromatic heterocycles. The molecule has 1 N–H and O–H groups in total. The second kappa shape index (κ2) is 8.15. The van der Waals surface area contributed by atoms with E-state index in [4.69, 9.17) is 16.3 Å². The van der Waals surface area contributed by atoms with E-state index in [1.165, 1.54) is 31.6 Å². The van der Waals surface area contributed by atoms with Crippen LogP contribution in [0.5, 0.6) is 5.75 Å². The Hall–Kier alpha value is -1.07. The summed E-state index contributed by atoms with van der Waals surface area (Å²) in [4.78, 5) is 5.17. The molecular formula is C18H26ClN3O. The van der Waals surface area contributed by atoms with E-state index < -0.39 is 0 Å². The van der Waals surface area contributed by atoms with Gasteiger partial charge in [-0.3, -0.25) is 9.80 Å². The molecule has 2 heterocycles. The van der Waals surface area contributed by atoms with E-state index in [9.17, 15) is 0 Å². The van der Waals surface area contributed by atoms with Crippen LogP contribution >= 0.6 is 11.6 Å². The van der Waals surface area contributed by atoms with Crippen LogP contribution in [0.3, 0.4) is 0 Å². The van der Waals surface area contributed by atoms with Gasteiger partial charge in [0.05, 0.1) is 5.02 Å². The van der Waals surface area contributed by atoms with Crippen molar-refractivity contribution in [1.82, 2.24) is 15.1 Å². The summed E-state index contributed by atoms with van der Waals surface area (Å²) in [5.74, 6) is 0.732. The van der Waals surface area contributed by atoms with Crippen molar-refractivity contribution in [3.63, 3.8) is 0 Å². The van der Waals surface area contributed by atoms with Crippen LogP contribution in [-0.4, -0.2) is 61.7 Å². The summed E-state index contributed by atoms with van der Waals surface area (Å²) in [6.45, 7) is 12.0. The van der Waals surface area contributed by atoms with Gasteiger partial charge in [-0.1, -0.05) is 30.3 Å². The van der Waals surface area contributed by atoms with Gasteiger partial charge in [0, 0.05) is 51.9 Å². The molecule has 2 aliphatic rings. The Labute approximate surface area is 144 Å². The monoisotopic (exact) mass is 335 g/mol.